The van der Waals surface area contributed by atoms with Crippen molar-refractivity contribution in [3.8, 4) is 17.0 Å². The van der Waals surface area contributed by atoms with Gasteiger partial charge in [-0.3, -0.25) is 4.99 Å². The third-order valence-electron chi connectivity index (χ3n) is 4.11. The summed E-state index contributed by atoms with van der Waals surface area (Å²) in [4.78, 5) is 8.99. The first-order valence-electron chi connectivity index (χ1n) is 9.48. The number of nitrogens with zero attached hydrogens (tertiary/aromatic N) is 2. The molecule has 3 aromatic rings. The third kappa shape index (κ3) is 6.58. The number of nitrogens with one attached hydrogen (secondary N) is 2. The molecule has 6 nitrogen and oxygen atoms in total. The fourth-order valence-corrected chi connectivity index (χ4v) is 3.41. The van der Waals surface area contributed by atoms with Crippen LogP contribution in [0.25, 0.3) is 11.3 Å². The van der Waals surface area contributed by atoms with E-state index in [4.69, 9.17) is 14.5 Å². The van der Waals surface area contributed by atoms with Crippen molar-refractivity contribution in [2.75, 3.05) is 32.7 Å². The van der Waals surface area contributed by atoms with Crippen LogP contribution in [0.2, 0.25) is 0 Å². The van der Waals surface area contributed by atoms with Crippen molar-refractivity contribution in [3.05, 3.63) is 65.0 Å². The molecule has 1 heterocycles. The molecule has 29 heavy (non-hydrogen) atoms. The molecule has 0 radical (unpaired) electrons. The Balaban J connectivity index is 1.53. The lowest BCUT2D eigenvalue weighted by atomic mass is 10.2. The molecule has 0 amide bonds. The highest BCUT2D eigenvalue weighted by Gasteiger charge is 2.06. The summed E-state index contributed by atoms with van der Waals surface area (Å²) < 4.78 is 10.8. The molecule has 2 aromatic carbocycles. The molecule has 7 heteroatoms. The van der Waals surface area contributed by atoms with Crippen molar-refractivity contribution < 1.29 is 9.47 Å². The van der Waals surface area contributed by atoms with E-state index in [0.717, 1.165) is 34.1 Å². The van der Waals surface area contributed by atoms with Gasteiger partial charge in [0.1, 0.15) is 10.8 Å². The fourth-order valence-electron chi connectivity index (χ4n) is 2.67. The van der Waals surface area contributed by atoms with Crippen molar-refractivity contribution in [2.24, 2.45) is 4.99 Å². The van der Waals surface area contributed by atoms with Crippen LogP contribution in [0, 0.1) is 0 Å². The maximum absolute atomic E-state index is 5.75. The molecule has 1 aromatic heterocycles. The number of thiazole rings is 1. The van der Waals surface area contributed by atoms with Crippen molar-refractivity contribution >= 4 is 23.0 Å². The largest absolute Gasteiger partial charge is 0.493 e. The van der Waals surface area contributed by atoms with E-state index in [2.05, 4.69) is 33.1 Å². The molecule has 0 saturated heterocycles. The maximum Gasteiger partial charge on any atom is 0.195 e. The van der Waals surface area contributed by atoms with E-state index in [9.17, 15) is 0 Å². The minimum atomic E-state index is 0.602. The molecule has 0 aliphatic carbocycles. The van der Waals surface area contributed by atoms with Gasteiger partial charge in [-0.1, -0.05) is 36.4 Å². The van der Waals surface area contributed by atoms with E-state index in [1.165, 1.54) is 0 Å². The zero-order valence-electron chi connectivity index (χ0n) is 16.7. The Labute approximate surface area is 175 Å². The van der Waals surface area contributed by atoms with Gasteiger partial charge < -0.3 is 20.1 Å². The summed E-state index contributed by atoms with van der Waals surface area (Å²) in [5.41, 5.74) is 3.03. The third-order valence-corrected chi connectivity index (χ3v) is 4.96. The number of anilines is 1. The summed E-state index contributed by atoms with van der Waals surface area (Å²) in [6.45, 7) is 1.92. The Hall–Kier alpha value is -2.90. The smallest absolute Gasteiger partial charge is 0.195 e. The summed E-state index contributed by atoms with van der Waals surface area (Å²) in [6, 6.07) is 18.0. The summed E-state index contributed by atoms with van der Waals surface area (Å²) in [7, 11) is 3.44. The van der Waals surface area contributed by atoms with Gasteiger partial charge in [-0.25, -0.2) is 4.98 Å². The van der Waals surface area contributed by atoms with E-state index < -0.39 is 0 Å². The van der Waals surface area contributed by atoms with Crippen LogP contribution in [0.4, 0.5) is 5.69 Å². The van der Waals surface area contributed by atoms with E-state index in [0.29, 0.717) is 25.7 Å². The average Bonchev–Trinajstić information content (AvgIpc) is 3.24. The number of rotatable bonds is 9. The molecular formula is C22H26N4O2S. The first kappa shape index (κ1) is 20.8. The van der Waals surface area contributed by atoms with Crippen LogP contribution < -0.4 is 15.4 Å². The minimum absolute atomic E-state index is 0.602. The number of hydrogen-bond acceptors (Lipinski definition) is 5. The van der Waals surface area contributed by atoms with E-state index >= 15 is 0 Å². The van der Waals surface area contributed by atoms with Crippen LogP contribution in [0.15, 0.2) is 65.0 Å². The summed E-state index contributed by atoms with van der Waals surface area (Å²) >= 11 is 1.63. The van der Waals surface area contributed by atoms with Crippen LogP contribution in [-0.4, -0.2) is 38.3 Å². The van der Waals surface area contributed by atoms with E-state index in [-0.39, 0.29) is 0 Å². The van der Waals surface area contributed by atoms with Gasteiger partial charge >= 0.3 is 0 Å². The highest BCUT2D eigenvalue weighted by Crippen LogP contribution is 2.21. The molecule has 0 aliphatic heterocycles. The molecule has 0 bridgehead atoms. The van der Waals surface area contributed by atoms with Gasteiger partial charge in [0.25, 0.3) is 0 Å². The standard InChI is InChI=1S/C22H26N4O2S/c1-23-22(25-18-10-6-11-19(14-18)28-13-7-12-27-2)24-15-21-26-20(16-29-21)17-8-4-3-5-9-17/h3-6,8-11,14,16H,7,12-13,15H2,1-2H3,(H2,23,24,25). The van der Waals surface area contributed by atoms with Gasteiger partial charge in [-0.15, -0.1) is 11.3 Å². The second-order valence-electron chi connectivity index (χ2n) is 6.27. The Morgan fingerprint density at radius 2 is 1.97 bits per heavy atom. The number of guanidine groups is 1. The van der Waals surface area contributed by atoms with Gasteiger partial charge in [-0.05, 0) is 12.1 Å². The van der Waals surface area contributed by atoms with Crippen molar-refractivity contribution in [2.45, 2.75) is 13.0 Å². The zero-order chi connectivity index (χ0) is 20.3. The lowest BCUT2D eigenvalue weighted by Crippen LogP contribution is -2.30. The number of ether oxygens (including phenoxy) is 2. The topological polar surface area (TPSA) is 67.8 Å². The van der Waals surface area contributed by atoms with Gasteiger partial charge in [0.15, 0.2) is 5.96 Å². The average molecular weight is 411 g/mol. The number of benzene rings is 2. The summed E-state index contributed by atoms with van der Waals surface area (Å²) in [6.07, 6.45) is 0.857. The Morgan fingerprint density at radius 1 is 1.10 bits per heavy atom. The minimum Gasteiger partial charge on any atom is -0.493 e. The molecule has 0 fully saturated rings. The number of aliphatic imine (C=N–C) groups is 1. The van der Waals surface area contributed by atoms with Gasteiger partial charge in [0.2, 0.25) is 0 Å². The first-order chi connectivity index (χ1) is 14.3. The monoisotopic (exact) mass is 410 g/mol. The second-order valence-corrected chi connectivity index (χ2v) is 7.21. The van der Waals surface area contributed by atoms with Gasteiger partial charge in [0.05, 0.1) is 18.8 Å². The number of aromatic nitrogens is 1. The molecule has 152 valence electrons. The van der Waals surface area contributed by atoms with Crippen LogP contribution in [0.5, 0.6) is 5.75 Å². The number of hydrogen-bond donors (Lipinski definition) is 2. The van der Waals surface area contributed by atoms with Crippen molar-refractivity contribution in [1.82, 2.24) is 10.3 Å². The van der Waals surface area contributed by atoms with Crippen molar-refractivity contribution in [3.63, 3.8) is 0 Å². The van der Waals surface area contributed by atoms with Gasteiger partial charge in [-0.2, -0.15) is 0 Å². The number of methoxy groups -OCH3 is 1. The van der Waals surface area contributed by atoms with Crippen LogP contribution in [0.1, 0.15) is 11.4 Å². The van der Waals surface area contributed by atoms with Gasteiger partial charge in [0, 0.05) is 49.9 Å². The molecule has 2 N–H and O–H groups in total. The zero-order valence-corrected chi connectivity index (χ0v) is 17.5. The predicted octanol–water partition coefficient (Wildman–Crippen LogP) is 4.41. The van der Waals surface area contributed by atoms with Crippen molar-refractivity contribution in [1.29, 1.82) is 0 Å². The van der Waals surface area contributed by atoms with Crippen LogP contribution >= 0.6 is 11.3 Å². The highest BCUT2D eigenvalue weighted by atomic mass is 32.1. The molecule has 0 saturated carbocycles. The Morgan fingerprint density at radius 3 is 2.76 bits per heavy atom. The molecule has 0 aliphatic rings. The molecule has 0 unspecified atom stereocenters. The Kier molecular flexibility index (Phi) is 8.03. The van der Waals surface area contributed by atoms with E-state index in [1.807, 2.05) is 42.5 Å². The normalized spacial score (nSPS) is 11.3. The van der Waals surface area contributed by atoms with E-state index in [1.54, 1.807) is 25.5 Å². The Bertz CT molecular complexity index is 912. The van der Waals surface area contributed by atoms with Crippen LogP contribution in [-0.2, 0) is 11.3 Å². The fraction of sp³-hybridized carbons (Fsp3) is 0.273. The molecule has 3 rings (SSSR count). The maximum atomic E-state index is 5.75. The molecular weight excluding hydrogens is 384 g/mol. The van der Waals surface area contributed by atoms with Crippen LogP contribution in [0.3, 0.4) is 0 Å². The molecule has 0 atom stereocenters. The summed E-state index contributed by atoms with van der Waals surface area (Å²) in [5, 5.41) is 9.68. The quantitative estimate of drug-likeness (QED) is 0.311. The second kappa shape index (κ2) is 11.2. The summed E-state index contributed by atoms with van der Waals surface area (Å²) in [5.74, 6) is 1.49. The molecule has 0 spiro atoms. The lowest BCUT2D eigenvalue weighted by molar-refractivity contribution is 0.172. The predicted molar refractivity (Wildman–Crippen MR) is 120 cm³/mol. The highest BCUT2D eigenvalue weighted by molar-refractivity contribution is 7.09. The SMILES string of the molecule is CN=C(NCc1nc(-c2ccccc2)cs1)Nc1cccc(OCCCOC)c1. The first-order valence-corrected chi connectivity index (χ1v) is 10.4. The lowest BCUT2D eigenvalue weighted by Gasteiger charge is -2.12.